The average Bonchev–Trinajstić information content (AvgIpc) is 2.24. The molecule has 0 N–H and O–H groups in total. The molecule has 15 heavy (non-hydrogen) atoms. The molecule has 0 aliphatic rings. The molecule has 0 aliphatic heterocycles. The first-order valence-corrected chi connectivity index (χ1v) is 8.64. The van der Waals surface area contributed by atoms with Crippen molar-refractivity contribution in [1.82, 2.24) is 0 Å². The van der Waals surface area contributed by atoms with Crippen molar-refractivity contribution in [2.75, 3.05) is 0 Å². The van der Waals surface area contributed by atoms with Crippen LogP contribution in [0.25, 0.3) is 0 Å². The first kappa shape index (κ1) is 15.3. The Morgan fingerprint density at radius 1 is 0.867 bits per heavy atom. The summed E-state index contributed by atoms with van der Waals surface area (Å²) in [5, 5.41) is 1.45. The van der Waals surface area contributed by atoms with Crippen LogP contribution < -0.4 is 0 Å². The summed E-state index contributed by atoms with van der Waals surface area (Å²) in [6, 6.07) is 0. The van der Waals surface area contributed by atoms with E-state index in [0.717, 1.165) is 15.0 Å². The summed E-state index contributed by atoms with van der Waals surface area (Å²) in [6.45, 7) is 9.27. The van der Waals surface area contributed by atoms with Crippen LogP contribution in [0.5, 0.6) is 0 Å². The van der Waals surface area contributed by atoms with Crippen molar-refractivity contribution >= 4 is 15.0 Å². The molecule has 1 heteroatoms. The summed E-state index contributed by atoms with van der Waals surface area (Å²) < 4.78 is 1.76. The fraction of sp³-hybridized carbons (Fsp3) is 0.857. The topological polar surface area (TPSA) is 0 Å². The monoisotopic (exact) mass is 276 g/mol. The first-order chi connectivity index (χ1) is 7.26. The second-order valence-electron chi connectivity index (χ2n) is 4.22. The molecule has 0 saturated carbocycles. The van der Waals surface area contributed by atoms with E-state index >= 15 is 0 Å². The van der Waals surface area contributed by atoms with Gasteiger partial charge in [-0.1, -0.05) is 0 Å². The quantitative estimate of drug-likeness (QED) is 0.402. The third-order valence-electron chi connectivity index (χ3n) is 2.70. The molecular weight excluding hydrogens is 247 g/mol. The Labute approximate surface area is 103 Å². The Balaban J connectivity index is 4.06. The molecule has 0 bridgehead atoms. The normalized spacial score (nSPS) is 12.8. The van der Waals surface area contributed by atoms with Crippen molar-refractivity contribution in [2.45, 2.75) is 78.0 Å². The van der Waals surface area contributed by atoms with Crippen molar-refractivity contribution < 1.29 is 0 Å². The molecule has 0 unspecified atom stereocenters. The molecule has 0 nitrogen and oxygen atoms in total. The van der Waals surface area contributed by atoms with E-state index in [0.29, 0.717) is 0 Å². The van der Waals surface area contributed by atoms with E-state index in [1.54, 1.807) is 10.0 Å². The number of unbranched alkanes of at least 4 members (excludes halogenated alkanes) is 2. The van der Waals surface area contributed by atoms with Crippen LogP contribution >= 0.6 is 0 Å². The van der Waals surface area contributed by atoms with Gasteiger partial charge in [-0.3, -0.25) is 0 Å². The second kappa shape index (κ2) is 10.8. The summed E-state index contributed by atoms with van der Waals surface area (Å²) in [4.78, 5) is 0. The third kappa shape index (κ3) is 8.11. The van der Waals surface area contributed by atoms with Gasteiger partial charge in [0.1, 0.15) is 0 Å². The van der Waals surface area contributed by atoms with Crippen LogP contribution in [-0.2, 0) is 0 Å². The summed E-state index contributed by atoms with van der Waals surface area (Å²) in [5.41, 5.74) is 1.79. The van der Waals surface area contributed by atoms with E-state index in [1.165, 1.54) is 50.3 Å². The molecule has 0 radical (unpaired) electrons. The summed E-state index contributed by atoms with van der Waals surface area (Å²) in [5.74, 6) is 0. The zero-order valence-electron chi connectivity index (χ0n) is 11.1. The van der Waals surface area contributed by atoms with Gasteiger partial charge >= 0.3 is 103 Å². The second-order valence-corrected chi connectivity index (χ2v) is 6.96. The Morgan fingerprint density at radius 3 is 2.07 bits per heavy atom. The Kier molecular flexibility index (Phi) is 11.0. The molecular formula is C14H28Se. The molecule has 0 atom stereocenters. The third-order valence-corrected chi connectivity index (χ3v) is 5.25. The Bertz CT molecular complexity index is 170. The van der Waals surface area contributed by atoms with E-state index < -0.39 is 0 Å². The van der Waals surface area contributed by atoms with Gasteiger partial charge in [0.05, 0.1) is 0 Å². The van der Waals surface area contributed by atoms with Crippen molar-refractivity contribution in [3.63, 3.8) is 0 Å². The van der Waals surface area contributed by atoms with Crippen LogP contribution in [0, 0.1) is 0 Å². The number of hydrogen-bond acceptors (Lipinski definition) is 0. The molecule has 0 aliphatic carbocycles. The van der Waals surface area contributed by atoms with Crippen LogP contribution in [0.4, 0.5) is 0 Å². The molecule has 0 amide bonds. The molecule has 0 aromatic carbocycles. The predicted octanol–water partition coefficient (Wildman–Crippen LogP) is 5.17. The van der Waals surface area contributed by atoms with Crippen molar-refractivity contribution in [3.8, 4) is 0 Å². The maximum absolute atomic E-state index is 2.39. The number of hydrogen-bond donors (Lipinski definition) is 0. The van der Waals surface area contributed by atoms with Gasteiger partial charge < -0.3 is 0 Å². The van der Waals surface area contributed by atoms with Gasteiger partial charge in [0.25, 0.3) is 0 Å². The SMILES string of the molecule is CCCC[Se]/C(C)=C(\CCC)CCCC. The Hall–Kier alpha value is 0.259. The molecule has 0 rings (SSSR count). The molecule has 0 heterocycles. The standard InChI is InChI=1S/C14H28Se/c1-5-8-11-14(10-7-3)13(4)15-12-9-6-2/h5-12H2,1-4H3/b14-13+. The zero-order chi connectivity index (χ0) is 11.5. The predicted molar refractivity (Wildman–Crippen MR) is 72.6 cm³/mol. The van der Waals surface area contributed by atoms with Gasteiger partial charge in [0.2, 0.25) is 0 Å². The molecule has 0 spiro atoms. The summed E-state index contributed by atoms with van der Waals surface area (Å²) >= 11 is 0.786. The average molecular weight is 275 g/mol. The fourth-order valence-corrected chi connectivity index (χ4v) is 4.05. The molecule has 90 valence electrons. The van der Waals surface area contributed by atoms with Crippen LogP contribution in [0.15, 0.2) is 10.0 Å². The van der Waals surface area contributed by atoms with Crippen molar-refractivity contribution in [1.29, 1.82) is 0 Å². The van der Waals surface area contributed by atoms with Gasteiger partial charge in [-0.25, -0.2) is 0 Å². The van der Waals surface area contributed by atoms with Crippen LogP contribution in [0.2, 0.25) is 5.32 Å². The number of rotatable bonds is 9. The van der Waals surface area contributed by atoms with E-state index in [9.17, 15) is 0 Å². The summed E-state index contributed by atoms with van der Waals surface area (Å²) in [6.07, 6.45) is 9.53. The van der Waals surface area contributed by atoms with Gasteiger partial charge in [-0.2, -0.15) is 0 Å². The zero-order valence-corrected chi connectivity index (χ0v) is 12.8. The maximum atomic E-state index is 2.39. The van der Waals surface area contributed by atoms with Crippen molar-refractivity contribution in [2.24, 2.45) is 0 Å². The van der Waals surface area contributed by atoms with E-state index in [2.05, 4.69) is 27.7 Å². The minimum atomic E-state index is 0.786. The summed E-state index contributed by atoms with van der Waals surface area (Å²) in [7, 11) is 0. The van der Waals surface area contributed by atoms with E-state index in [-0.39, 0.29) is 0 Å². The minimum absolute atomic E-state index is 0.786. The molecule has 0 aromatic heterocycles. The first-order valence-electron chi connectivity index (χ1n) is 6.57. The van der Waals surface area contributed by atoms with E-state index in [4.69, 9.17) is 0 Å². The van der Waals surface area contributed by atoms with Gasteiger partial charge in [-0.05, 0) is 0 Å². The van der Waals surface area contributed by atoms with Gasteiger partial charge in [0, 0.05) is 0 Å². The van der Waals surface area contributed by atoms with Crippen LogP contribution in [0.3, 0.4) is 0 Å². The van der Waals surface area contributed by atoms with Crippen molar-refractivity contribution in [3.05, 3.63) is 10.0 Å². The van der Waals surface area contributed by atoms with E-state index in [1.807, 2.05) is 0 Å². The fourth-order valence-electron chi connectivity index (χ4n) is 1.64. The molecule has 0 saturated heterocycles. The van der Waals surface area contributed by atoms with Gasteiger partial charge in [-0.15, -0.1) is 0 Å². The number of allylic oxidation sites excluding steroid dienone is 2. The Morgan fingerprint density at radius 2 is 1.53 bits per heavy atom. The van der Waals surface area contributed by atoms with Crippen LogP contribution in [-0.4, -0.2) is 15.0 Å². The van der Waals surface area contributed by atoms with Gasteiger partial charge in [0.15, 0.2) is 0 Å². The molecule has 0 fully saturated rings. The molecule has 0 aromatic rings. The van der Waals surface area contributed by atoms with Crippen LogP contribution in [0.1, 0.15) is 72.6 Å².